The lowest BCUT2D eigenvalue weighted by Gasteiger charge is -2.13. The third-order valence-corrected chi connectivity index (χ3v) is 2.54. The van der Waals surface area contributed by atoms with Gasteiger partial charge in [0, 0.05) is 0 Å². The monoisotopic (exact) mass is 224 g/mol. The quantitative estimate of drug-likeness (QED) is 0.759. The SMILES string of the molecule is NC(=S)C(Cc1ccccc1)C(N)=S. The highest BCUT2D eigenvalue weighted by Gasteiger charge is 2.15. The van der Waals surface area contributed by atoms with E-state index in [-0.39, 0.29) is 5.92 Å². The van der Waals surface area contributed by atoms with Gasteiger partial charge < -0.3 is 11.5 Å². The lowest BCUT2D eigenvalue weighted by Crippen LogP contribution is -2.34. The number of rotatable bonds is 4. The van der Waals surface area contributed by atoms with Crippen molar-refractivity contribution in [2.24, 2.45) is 17.4 Å². The Morgan fingerprint density at radius 1 is 1.07 bits per heavy atom. The second kappa shape index (κ2) is 5.02. The number of benzene rings is 1. The average molecular weight is 224 g/mol. The molecule has 0 saturated carbocycles. The summed E-state index contributed by atoms with van der Waals surface area (Å²) in [5, 5.41) is 0. The molecule has 0 atom stereocenters. The van der Waals surface area contributed by atoms with E-state index >= 15 is 0 Å². The molecule has 0 saturated heterocycles. The second-order valence-corrected chi connectivity index (χ2v) is 3.99. The Bertz CT molecular complexity index is 321. The molecule has 0 bridgehead atoms. The van der Waals surface area contributed by atoms with E-state index in [0.29, 0.717) is 16.4 Å². The summed E-state index contributed by atoms with van der Waals surface area (Å²) in [6.07, 6.45) is 0.686. The van der Waals surface area contributed by atoms with Gasteiger partial charge >= 0.3 is 0 Å². The average Bonchev–Trinajstić information content (AvgIpc) is 2.15. The first-order chi connectivity index (χ1) is 6.61. The minimum atomic E-state index is -0.178. The molecule has 0 radical (unpaired) electrons. The Morgan fingerprint density at radius 2 is 1.57 bits per heavy atom. The summed E-state index contributed by atoms with van der Waals surface area (Å²) < 4.78 is 0. The van der Waals surface area contributed by atoms with Gasteiger partial charge in [-0.15, -0.1) is 0 Å². The van der Waals surface area contributed by atoms with Gasteiger partial charge in [0.05, 0.1) is 15.9 Å². The van der Waals surface area contributed by atoms with E-state index in [1.54, 1.807) is 0 Å². The largest absolute Gasteiger partial charge is 0.393 e. The summed E-state index contributed by atoms with van der Waals surface area (Å²) in [5.74, 6) is -0.178. The molecule has 0 aliphatic heterocycles. The minimum Gasteiger partial charge on any atom is -0.393 e. The van der Waals surface area contributed by atoms with Crippen molar-refractivity contribution in [1.29, 1.82) is 0 Å². The van der Waals surface area contributed by atoms with Crippen molar-refractivity contribution in [1.82, 2.24) is 0 Å². The zero-order valence-electron chi connectivity index (χ0n) is 7.64. The smallest absolute Gasteiger partial charge is 0.0830 e. The summed E-state index contributed by atoms with van der Waals surface area (Å²) in [6.45, 7) is 0. The highest BCUT2D eigenvalue weighted by atomic mass is 32.1. The summed E-state index contributed by atoms with van der Waals surface area (Å²) in [6, 6.07) is 9.89. The summed E-state index contributed by atoms with van der Waals surface area (Å²) >= 11 is 9.81. The first-order valence-corrected chi connectivity index (χ1v) is 5.05. The van der Waals surface area contributed by atoms with Crippen molar-refractivity contribution in [3.05, 3.63) is 35.9 Å². The van der Waals surface area contributed by atoms with Crippen LogP contribution in [0.5, 0.6) is 0 Å². The number of nitrogens with two attached hydrogens (primary N) is 2. The minimum absolute atomic E-state index is 0.178. The predicted molar refractivity (Wildman–Crippen MR) is 67.2 cm³/mol. The van der Waals surface area contributed by atoms with Crippen LogP contribution in [0.1, 0.15) is 5.56 Å². The van der Waals surface area contributed by atoms with Crippen molar-refractivity contribution in [3.63, 3.8) is 0 Å². The Hall–Kier alpha value is -1.00. The molecule has 0 unspecified atom stereocenters. The van der Waals surface area contributed by atoms with Gasteiger partial charge in [0.25, 0.3) is 0 Å². The van der Waals surface area contributed by atoms with Gasteiger partial charge in [0.2, 0.25) is 0 Å². The van der Waals surface area contributed by atoms with Crippen LogP contribution in [0.25, 0.3) is 0 Å². The summed E-state index contributed by atoms with van der Waals surface area (Å²) in [4.78, 5) is 0.725. The highest BCUT2D eigenvalue weighted by molar-refractivity contribution is 7.82. The first-order valence-electron chi connectivity index (χ1n) is 4.24. The zero-order valence-corrected chi connectivity index (χ0v) is 9.28. The van der Waals surface area contributed by atoms with Crippen molar-refractivity contribution in [3.8, 4) is 0 Å². The molecule has 14 heavy (non-hydrogen) atoms. The van der Waals surface area contributed by atoms with E-state index < -0.39 is 0 Å². The molecule has 0 aliphatic rings. The Labute approximate surface area is 94.3 Å². The predicted octanol–water partition coefficient (Wildman–Crippen LogP) is 1.42. The van der Waals surface area contributed by atoms with Crippen LogP contribution in [0.15, 0.2) is 30.3 Å². The molecule has 4 heteroatoms. The molecule has 1 rings (SSSR count). The molecular weight excluding hydrogens is 212 g/mol. The van der Waals surface area contributed by atoms with Crippen LogP contribution in [0, 0.1) is 5.92 Å². The molecular formula is C10H12N2S2. The van der Waals surface area contributed by atoms with E-state index in [1.807, 2.05) is 30.3 Å². The number of hydrogen-bond acceptors (Lipinski definition) is 2. The Kier molecular flexibility index (Phi) is 3.98. The second-order valence-electron chi connectivity index (χ2n) is 3.05. The van der Waals surface area contributed by atoms with E-state index in [1.165, 1.54) is 0 Å². The van der Waals surface area contributed by atoms with Crippen molar-refractivity contribution in [2.75, 3.05) is 0 Å². The van der Waals surface area contributed by atoms with Crippen molar-refractivity contribution < 1.29 is 0 Å². The van der Waals surface area contributed by atoms with Crippen LogP contribution < -0.4 is 11.5 Å². The number of hydrogen-bond donors (Lipinski definition) is 2. The van der Waals surface area contributed by atoms with E-state index in [9.17, 15) is 0 Å². The van der Waals surface area contributed by atoms with Gasteiger partial charge in [0.1, 0.15) is 0 Å². The molecule has 0 fully saturated rings. The maximum Gasteiger partial charge on any atom is 0.0830 e. The fraction of sp³-hybridized carbons (Fsp3) is 0.200. The van der Waals surface area contributed by atoms with Crippen molar-refractivity contribution in [2.45, 2.75) is 6.42 Å². The standard InChI is InChI=1S/C10H12N2S2/c11-9(13)8(10(12)14)6-7-4-2-1-3-5-7/h1-5,8H,6H2,(H2,11,13)(H2,12,14). The van der Waals surface area contributed by atoms with Crippen LogP contribution >= 0.6 is 24.4 Å². The molecule has 0 spiro atoms. The topological polar surface area (TPSA) is 52.0 Å². The van der Waals surface area contributed by atoms with Crippen molar-refractivity contribution >= 4 is 34.4 Å². The molecule has 1 aromatic carbocycles. The van der Waals surface area contributed by atoms with Gasteiger partial charge in [-0.3, -0.25) is 0 Å². The lowest BCUT2D eigenvalue weighted by molar-refractivity contribution is 0.902. The highest BCUT2D eigenvalue weighted by Crippen LogP contribution is 2.09. The van der Waals surface area contributed by atoms with Gasteiger partial charge in [0.15, 0.2) is 0 Å². The fourth-order valence-corrected chi connectivity index (χ4v) is 1.69. The van der Waals surface area contributed by atoms with Gasteiger partial charge in [-0.2, -0.15) is 0 Å². The van der Waals surface area contributed by atoms with Crippen LogP contribution in [0.3, 0.4) is 0 Å². The number of thiocarbonyl (C=S) groups is 2. The molecule has 0 aromatic heterocycles. The fourth-order valence-electron chi connectivity index (χ4n) is 1.19. The van der Waals surface area contributed by atoms with Crippen LogP contribution in [0.2, 0.25) is 0 Å². The summed E-state index contributed by atoms with van der Waals surface area (Å²) in [5.41, 5.74) is 12.2. The van der Waals surface area contributed by atoms with E-state index in [0.717, 1.165) is 5.56 Å². The van der Waals surface area contributed by atoms with E-state index in [2.05, 4.69) is 0 Å². The van der Waals surface area contributed by atoms with Crippen LogP contribution in [-0.4, -0.2) is 9.98 Å². The molecule has 1 aromatic rings. The molecule has 2 nitrogen and oxygen atoms in total. The normalized spacial score (nSPS) is 10.1. The third kappa shape index (κ3) is 3.05. The third-order valence-electron chi connectivity index (χ3n) is 1.97. The molecule has 0 amide bonds. The Balaban J connectivity index is 2.75. The van der Waals surface area contributed by atoms with E-state index in [4.69, 9.17) is 35.9 Å². The zero-order chi connectivity index (χ0) is 10.6. The maximum atomic E-state index is 5.55. The Morgan fingerprint density at radius 3 is 2.00 bits per heavy atom. The molecule has 4 N–H and O–H groups in total. The maximum absolute atomic E-state index is 5.55. The molecule has 74 valence electrons. The molecule has 0 heterocycles. The van der Waals surface area contributed by atoms with Crippen LogP contribution in [-0.2, 0) is 6.42 Å². The summed E-state index contributed by atoms with van der Waals surface area (Å²) in [7, 11) is 0. The first kappa shape index (κ1) is 11.1. The van der Waals surface area contributed by atoms with Gasteiger partial charge in [-0.05, 0) is 12.0 Å². The molecule has 0 aliphatic carbocycles. The van der Waals surface area contributed by atoms with Gasteiger partial charge in [-0.1, -0.05) is 54.8 Å². The van der Waals surface area contributed by atoms with Gasteiger partial charge in [-0.25, -0.2) is 0 Å². The van der Waals surface area contributed by atoms with Crippen LogP contribution in [0.4, 0.5) is 0 Å². The lowest BCUT2D eigenvalue weighted by atomic mass is 9.99.